The molecule has 19 heavy (non-hydrogen) atoms. The maximum Gasteiger partial charge on any atom is 0.326 e. The molecule has 1 amide bonds. The van der Waals surface area contributed by atoms with Gasteiger partial charge in [0.1, 0.15) is 12.6 Å². The molecule has 1 saturated carbocycles. The van der Waals surface area contributed by atoms with Crippen LogP contribution in [0.3, 0.4) is 0 Å². The van der Waals surface area contributed by atoms with E-state index in [-0.39, 0.29) is 24.5 Å². The molecular weight excluding hydrogens is 246 g/mol. The average Bonchev–Trinajstić information content (AvgIpc) is 2.32. The zero-order valence-corrected chi connectivity index (χ0v) is 12.0. The number of ether oxygens (including phenoxy) is 1. The molecule has 5 heteroatoms. The van der Waals surface area contributed by atoms with Crippen molar-refractivity contribution in [1.82, 2.24) is 5.32 Å². The molecule has 5 nitrogen and oxygen atoms in total. The van der Waals surface area contributed by atoms with E-state index < -0.39 is 12.0 Å². The number of carboxylic acid groups (broad SMARTS) is 1. The van der Waals surface area contributed by atoms with Crippen LogP contribution in [0, 0.1) is 11.8 Å². The fourth-order valence-corrected chi connectivity index (χ4v) is 2.45. The molecule has 3 atom stereocenters. The largest absolute Gasteiger partial charge is 0.480 e. The standard InChI is InChI=1S/C14H25NO4/c1-9(2)13(14(17)18)15-12(16)8-19-11-6-4-5-10(3)7-11/h9-11,13H,4-8H2,1-3H3,(H,15,16)(H,17,18)/t10-,11+,13-/m1/s1. The van der Waals surface area contributed by atoms with Gasteiger partial charge in [0, 0.05) is 0 Å². The first kappa shape index (κ1) is 16.0. The summed E-state index contributed by atoms with van der Waals surface area (Å²) < 4.78 is 5.57. The van der Waals surface area contributed by atoms with Crippen LogP contribution in [0.4, 0.5) is 0 Å². The van der Waals surface area contributed by atoms with Gasteiger partial charge in [-0.1, -0.05) is 33.6 Å². The van der Waals surface area contributed by atoms with Gasteiger partial charge in [0.05, 0.1) is 6.10 Å². The van der Waals surface area contributed by atoms with Crippen LogP contribution in [0.2, 0.25) is 0 Å². The van der Waals surface area contributed by atoms with Crippen molar-refractivity contribution < 1.29 is 19.4 Å². The summed E-state index contributed by atoms with van der Waals surface area (Å²) >= 11 is 0. The van der Waals surface area contributed by atoms with E-state index >= 15 is 0 Å². The molecule has 0 aromatic rings. The molecule has 0 radical (unpaired) electrons. The van der Waals surface area contributed by atoms with Gasteiger partial charge in [-0.05, 0) is 24.7 Å². The van der Waals surface area contributed by atoms with Crippen LogP contribution in [0.15, 0.2) is 0 Å². The van der Waals surface area contributed by atoms with Gasteiger partial charge >= 0.3 is 5.97 Å². The minimum absolute atomic E-state index is 0.0477. The predicted octanol–water partition coefficient (Wildman–Crippen LogP) is 1.81. The van der Waals surface area contributed by atoms with Crippen LogP contribution >= 0.6 is 0 Å². The number of carbonyl (C=O) groups excluding carboxylic acids is 1. The fourth-order valence-electron chi connectivity index (χ4n) is 2.45. The molecule has 0 unspecified atom stereocenters. The number of aliphatic carboxylic acids is 1. The third-order valence-corrected chi connectivity index (χ3v) is 3.59. The second kappa shape index (κ2) is 7.48. The van der Waals surface area contributed by atoms with Gasteiger partial charge in [-0.3, -0.25) is 4.79 Å². The Kier molecular flexibility index (Phi) is 6.28. The Morgan fingerprint density at radius 3 is 2.58 bits per heavy atom. The Hall–Kier alpha value is -1.10. The van der Waals surface area contributed by atoms with Gasteiger partial charge < -0.3 is 15.2 Å². The summed E-state index contributed by atoms with van der Waals surface area (Å²) in [7, 11) is 0. The summed E-state index contributed by atoms with van der Waals surface area (Å²) in [6.07, 6.45) is 4.47. The summed E-state index contributed by atoms with van der Waals surface area (Å²) in [6.45, 7) is 5.67. The first-order valence-corrected chi connectivity index (χ1v) is 7.04. The predicted molar refractivity (Wildman–Crippen MR) is 71.8 cm³/mol. The summed E-state index contributed by atoms with van der Waals surface area (Å²) in [5, 5.41) is 11.5. The Bertz CT molecular complexity index is 317. The third kappa shape index (κ3) is 5.59. The van der Waals surface area contributed by atoms with Crippen molar-refractivity contribution in [2.45, 2.75) is 58.6 Å². The zero-order valence-electron chi connectivity index (χ0n) is 12.0. The molecule has 0 heterocycles. The molecular formula is C14H25NO4. The van der Waals surface area contributed by atoms with E-state index in [2.05, 4.69) is 12.2 Å². The number of rotatable bonds is 6. The Labute approximate surface area is 114 Å². The number of nitrogens with one attached hydrogen (secondary N) is 1. The van der Waals surface area contributed by atoms with E-state index in [9.17, 15) is 9.59 Å². The zero-order chi connectivity index (χ0) is 14.4. The Morgan fingerprint density at radius 1 is 1.37 bits per heavy atom. The molecule has 2 N–H and O–H groups in total. The van der Waals surface area contributed by atoms with Crippen molar-refractivity contribution in [2.75, 3.05) is 6.61 Å². The number of hydrogen-bond donors (Lipinski definition) is 2. The minimum Gasteiger partial charge on any atom is -0.480 e. The van der Waals surface area contributed by atoms with Crippen molar-refractivity contribution in [2.24, 2.45) is 11.8 Å². The van der Waals surface area contributed by atoms with Crippen molar-refractivity contribution in [3.63, 3.8) is 0 Å². The van der Waals surface area contributed by atoms with Gasteiger partial charge in [0.2, 0.25) is 5.91 Å². The lowest BCUT2D eigenvalue weighted by atomic mass is 9.89. The highest BCUT2D eigenvalue weighted by molar-refractivity contribution is 5.84. The summed E-state index contributed by atoms with van der Waals surface area (Å²) in [5.41, 5.74) is 0. The normalized spacial score (nSPS) is 25.1. The van der Waals surface area contributed by atoms with Crippen LogP contribution in [-0.4, -0.2) is 35.7 Å². The summed E-state index contributed by atoms with van der Waals surface area (Å²) in [6, 6.07) is -0.846. The van der Waals surface area contributed by atoms with Crippen LogP contribution in [0.5, 0.6) is 0 Å². The molecule has 0 saturated heterocycles. The van der Waals surface area contributed by atoms with Gasteiger partial charge in [0.25, 0.3) is 0 Å². The summed E-state index contributed by atoms with van der Waals surface area (Å²) in [5.74, 6) is -0.852. The number of hydrogen-bond acceptors (Lipinski definition) is 3. The molecule has 1 aliphatic rings. The fraction of sp³-hybridized carbons (Fsp3) is 0.857. The molecule has 0 spiro atoms. The lowest BCUT2D eigenvalue weighted by molar-refractivity contribution is -0.144. The van der Waals surface area contributed by atoms with Crippen LogP contribution in [-0.2, 0) is 14.3 Å². The molecule has 0 bridgehead atoms. The lowest BCUT2D eigenvalue weighted by Gasteiger charge is -2.27. The molecule has 1 aliphatic carbocycles. The van der Waals surface area contributed by atoms with Crippen LogP contribution < -0.4 is 5.32 Å². The third-order valence-electron chi connectivity index (χ3n) is 3.59. The van der Waals surface area contributed by atoms with E-state index in [1.54, 1.807) is 13.8 Å². The molecule has 0 aliphatic heterocycles. The highest BCUT2D eigenvalue weighted by Gasteiger charge is 2.24. The van der Waals surface area contributed by atoms with Gasteiger partial charge in [0.15, 0.2) is 0 Å². The van der Waals surface area contributed by atoms with Crippen molar-refractivity contribution >= 4 is 11.9 Å². The number of amides is 1. The number of carboxylic acids is 1. The molecule has 110 valence electrons. The number of carbonyl (C=O) groups is 2. The maximum absolute atomic E-state index is 11.7. The van der Waals surface area contributed by atoms with Crippen LogP contribution in [0.25, 0.3) is 0 Å². The molecule has 1 rings (SSSR count). The highest BCUT2D eigenvalue weighted by Crippen LogP contribution is 2.25. The second-order valence-corrected chi connectivity index (χ2v) is 5.83. The average molecular weight is 271 g/mol. The Morgan fingerprint density at radius 2 is 2.05 bits per heavy atom. The smallest absolute Gasteiger partial charge is 0.326 e. The van der Waals surface area contributed by atoms with Crippen molar-refractivity contribution in [1.29, 1.82) is 0 Å². The quantitative estimate of drug-likeness (QED) is 0.772. The van der Waals surface area contributed by atoms with Crippen molar-refractivity contribution in [3.05, 3.63) is 0 Å². The topological polar surface area (TPSA) is 75.6 Å². The first-order chi connectivity index (χ1) is 8.90. The van der Waals surface area contributed by atoms with Gasteiger partial charge in [-0.2, -0.15) is 0 Å². The Balaban J connectivity index is 2.32. The highest BCUT2D eigenvalue weighted by atomic mass is 16.5. The van der Waals surface area contributed by atoms with E-state index in [1.165, 1.54) is 6.42 Å². The first-order valence-electron chi connectivity index (χ1n) is 7.04. The van der Waals surface area contributed by atoms with Gasteiger partial charge in [-0.15, -0.1) is 0 Å². The molecule has 0 aromatic carbocycles. The maximum atomic E-state index is 11.7. The van der Waals surface area contributed by atoms with Crippen molar-refractivity contribution in [3.8, 4) is 0 Å². The molecule has 0 aromatic heterocycles. The van der Waals surface area contributed by atoms with E-state index in [0.29, 0.717) is 5.92 Å². The van der Waals surface area contributed by atoms with Gasteiger partial charge in [-0.25, -0.2) is 4.79 Å². The molecule has 1 fully saturated rings. The summed E-state index contributed by atoms with van der Waals surface area (Å²) in [4.78, 5) is 22.7. The van der Waals surface area contributed by atoms with Crippen LogP contribution in [0.1, 0.15) is 46.5 Å². The van der Waals surface area contributed by atoms with E-state index in [1.807, 2.05) is 0 Å². The second-order valence-electron chi connectivity index (χ2n) is 5.83. The SMILES string of the molecule is CC(C)[C@@H](NC(=O)CO[C@H]1CCC[C@@H](C)C1)C(=O)O. The van der Waals surface area contributed by atoms with E-state index in [0.717, 1.165) is 19.3 Å². The lowest BCUT2D eigenvalue weighted by Crippen LogP contribution is -2.46. The monoisotopic (exact) mass is 271 g/mol. The van der Waals surface area contributed by atoms with E-state index in [4.69, 9.17) is 9.84 Å². The minimum atomic E-state index is -1.00.